The smallest absolute Gasteiger partial charge is 0.257 e. The summed E-state index contributed by atoms with van der Waals surface area (Å²) in [5.74, 6) is 0.619. The molecule has 0 bridgehead atoms. The van der Waals surface area contributed by atoms with E-state index in [9.17, 15) is 4.79 Å². The van der Waals surface area contributed by atoms with Gasteiger partial charge in [0.05, 0.1) is 0 Å². The quantitative estimate of drug-likeness (QED) is 0.715. The Morgan fingerprint density at radius 3 is 2.28 bits per heavy atom. The van der Waals surface area contributed by atoms with Gasteiger partial charge in [0, 0.05) is 18.8 Å². The summed E-state index contributed by atoms with van der Waals surface area (Å²) in [6.45, 7) is 8.00. The van der Waals surface area contributed by atoms with E-state index in [0.29, 0.717) is 12.3 Å². The largest absolute Gasteiger partial charge is 0.484 e. The minimum Gasteiger partial charge on any atom is -0.484 e. The van der Waals surface area contributed by atoms with Gasteiger partial charge in [0.1, 0.15) is 5.75 Å². The molecule has 0 spiro atoms. The number of hydrogen-bond donors (Lipinski definition) is 2. The summed E-state index contributed by atoms with van der Waals surface area (Å²) in [6, 6.07) is 17.9. The fourth-order valence-electron chi connectivity index (χ4n) is 2.36. The highest BCUT2D eigenvalue weighted by atomic mass is 16.5. The van der Waals surface area contributed by atoms with Crippen molar-refractivity contribution in [1.29, 1.82) is 0 Å². The minimum absolute atomic E-state index is 0.0426. The number of amides is 1. The predicted octanol–water partition coefficient (Wildman–Crippen LogP) is 3.98. The monoisotopic (exact) mass is 340 g/mol. The highest BCUT2D eigenvalue weighted by Gasteiger charge is 2.13. The van der Waals surface area contributed by atoms with Crippen LogP contribution in [0.3, 0.4) is 0 Å². The number of nitrogens with one attached hydrogen (secondary N) is 2. The molecule has 0 aliphatic heterocycles. The first-order valence-electron chi connectivity index (χ1n) is 8.74. The van der Waals surface area contributed by atoms with Gasteiger partial charge in [0.15, 0.2) is 6.61 Å². The first-order chi connectivity index (χ1) is 11.9. The van der Waals surface area contributed by atoms with Crippen molar-refractivity contribution in [2.45, 2.75) is 32.6 Å². The molecule has 0 aliphatic rings. The lowest BCUT2D eigenvalue weighted by molar-refractivity contribution is -0.123. The van der Waals surface area contributed by atoms with Gasteiger partial charge in [0.25, 0.3) is 5.91 Å². The van der Waals surface area contributed by atoms with E-state index in [1.54, 1.807) is 0 Å². The van der Waals surface area contributed by atoms with E-state index in [2.05, 4.69) is 31.4 Å². The SMILES string of the molecule is CC(C)(C)c1ccc(OCC(=O)NCCCNc2ccccc2)cc1. The number of rotatable bonds is 8. The lowest BCUT2D eigenvalue weighted by atomic mass is 9.87. The maximum Gasteiger partial charge on any atom is 0.257 e. The lowest BCUT2D eigenvalue weighted by Gasteiger charge is -2.19. The first kappa shape index (κ1) is 18.8. The molecule has 0 saturated carbocycles. The van der Waals surface area contributed by atoms with E-state index in [1.807, 2.05) is 54.6 Å². The molecule has 0 heterocycles. The third kappa shape index (κ3) is 6.87. The van der Waals surface area contributed by atoms with Gasteiger partial charge in [0.2, 0.25) is 0 Å². The van der Waals surface area contributed by atoms with Crippen molar-refractivity contribution in [1.82, 2.24) is 5.32 Å². The highest BCUT2D eigenvalue weighted by Crippen LogP contribution is 2.24. The van der Waals surface area contributed by atoms with Crippen molar-refractivity contribution >= 4 is 11.6 Å². The molecule has 0 fully saturated rings. The molecule has 2 aromatic rings. The van der Waals surface area contributed by atoms with Crippen LogP contribution in [0.15, 0.2) is 54.6 Å². The number of benzene rings is 2. The van der Waals surface area contributed by atoms with Crippen LogP contribution in [-0.4, -0.2) is 25.6 Å². The lowest BCUT2D eigenvalue weighted by Crippen LogP contribution is -2.30. The Hall–Kier alpha value is -2.49. The first-order valence-corrected chi connectivity index (χ1v) is 8.74. The number of anilines is 1. The summed E-state index contributed by atoms with van der Waals surface area (Å²) in [5.41, 5.74) is 2.45. The molecule has 134 valence electrons. The summed E-state index contributed by atoms with van der Waals surface area (Å²) in [4.78, 5) is 11.8. The van der Waals surface area contributed by atoms with Gasteiger partial charge in [-0.1, -0.05) is 51.1 Å². The van der Waals surface area contributed by atoms with Gasteiger partial charge < -0.3 is 15.4 Å². The molecule has 0 radical (unpaired) electrons. The van der Waals surface area contributed by atoms with Crippen LogP contribution in [0.2, 0.25) is 0 Å². The van der Waals surface area contributed by atoms with Crippen LogP contribution < -0.4 is 15.4 Å². The van der Waals surface area contributed by atoms with Crippen molar-refractivity contribution in [3.8, 4) is 5.75 Å². The molecule has 2 rings (SSSR count). The fourth-order valence-corrected chi connectivity index (χ4v) is 2.36. The second-order valence-corrected chi connectivity index (χ2v) is 7.06. The molecule has 0 atom stereocenters. The number of ether oxygens (including phenoxy) is 1. The van der Waals surface area contributed by atoms with Crippen LogP contribution in [0.5, 0.6) is 5.75 Å². The Kier molecular flexibility index (Phi) is 6.87. The Balaban J connectivity index is 1.61. The summed E-state index contributed by atoms with van der Waals surface area (Å²) in [7, 11) is 0. The zero-order valence-electron chi connectivity index (χ0n) is 15.3. The van der Waals surface area contributed by atoms with Crippen LogP contribution in [0.4, 0.5) is 5.69 Å². The molecule has 0 aliphatic carbocycles. The summed E-state index contributed by atoms with van der Waals surface area (Å²) in [6.07, 6.45) is 0.862. The number of carbonyl (C=O) groups is 1. The van der Waals surface area contributed by atoms with Crippen molar-refractivity contribution < 1.29 is 9.53 Å². The topological polar surface area (TPSA) is 50.4 Å². The molecule has 4 nitrogen and oxygen atoms in total. The van der Waals surface area contributed by atoms with E-state index in [4.69, 9.17) is 4.74 Å². The van der Waals surface area contributed by atoms with Crippen LogP contribution in [0.25, 0.3) is 0 Å². The molecule has 25 heavy (non-hydrogen) atoms. The zero-order chi connectivity index (χ0) is 18.1. The average Bonchev–Trinajstić information content (AvgIpc) is 2.60. The normalized spacial score (nSPS) is 11.0. The van der Waals surface area contributed by atoms with Gasteiger partial charge >= 0.3 is 0 Å². The highest BCUT2D eigenvalue weighted by molar-refractivity contribution is 5.77. The minimum atomic E-state index is -0.0976. The van der Waals surface area contributed by atoms with E-state index < -0.39 is 0 Å². The molecule has 2 N–H and O–H groups in total. The number of para-hydroxylation sites is 1. The Labute approximate surface area is 150 Å². The molecule has 4 heteroatoms. The molecular weight excluding hydrogens is 312 g/mol. The molecule has 0 unspecified atom stereocenters. The van der Waals surface area contributed by atoms with Gasteiger partial charge in [-0.05, 0) is 41.7 Å². The van der Waals surface area contributed by atoms with Crippen LogP contribution in [-0.2, 0) is 10.2 Å². The van der Waals surface area contributed by atoms with Crippen molar-refractivity contribution in [3.63, 3.8) is 0 Å². The van der Waals surface area contributed by atoms with Crippen molar-refractivity contribution in [2.75, 3.05) is 25.0 Å². The van der Waals surface area contributed by atoms with Gasteiger partial charge in [-0.2, -0.15) is 0 Å². The number of hydrogen-bond acceptors (Lipinski definition) is 3. The second kappa shape index (κ2) is 9.11. The van der Waals surface area contributed by atoms with Crippen molar-refractivity contribution in [2.24, 2.45) is 0 Å². The molecular formula is C21H28N2O2. The maximum absolute atomic E-state index is 11.8. The van der Waals surface area contributed by atoms with Gasteiger partial charge in [-0.15, -0.1) is 0 Å². The van der Waals surface area contributed by atoms with Gasteiger partial charge in [-0.3, -0.25) is 4.79 Å². The predicted molar refractivity (Wildman–Crippen MR) is 103 cm³/mol. The zero-order valence-corrected chi connectivity index (χ0v) is 15.3. The molecule has 1 amide bonds. The Morgan fingerprint density at radius 2 is 1.64 bits per heavy atom. The third-order valence-corrected chi connectivity index (χ3v) is 3.87. The summed E-state index contributed by atoms with van der Waals surface area (Å²) >= 11 is 0. The number of carbonyl (C=O) groups excluding carboxylic acids is 1. The summed E-state index contributed by atoms with van der Waals surface area (Å²) in [5, 5.41) is 6.18. The van der Waals surface area contributed by atoms with Gasteiger partial charge in [-0.25, -0.2) is 0 Å². The van der Waals surface area contributed by atoms with Crippen LogP contribution in [0.1, 0.15) is 32.8 Å². The van der Waals surface area contributed by atoms with E-state index in [-0.39, 0.29) is 17.9 Å². The molecule has 0 saturated heterocycles. The summed E-state index contributed by atoms with van der Waals surface area (Å²) < 4.78 is 5.53. The Morgan fingerprint density at radius 1 is 0.960 bits per heavy atom. The second-order valence-electron chi connectivity index (χ2n) is 7.06. The fraction of sp³-hybridized carbons (Fsp3) is 0.381. The van der Waals surface area contributed by atoms with Crippen LogP contribution >= 0.6 is 0 Å². The third-order valence-electron chi connectivity index (χ3n) is 3.87. The van der Waals surface area contributed by atoms with E-state index in [0.717, 1.165) is 18.7 Å². The standard InChI is InChI=1S/C21H28N2O2/c1-21(2,3)17-10-12-19(13-11-17)25-16-20(24)23-15-7-14-22-18-8-5-4-6-9-18/h4-6,8-13,22H,7,14-16H2,1-3H3,(H,23,24). The molecule has 2 aromatic carbocycles. The van der Waals surface area contributed by atoms with Crippen molar-refractivity contribution in [3.05, 3.63) is 60.2 Å². The maximum atomic E-state index is 11.8. The average molecular weight is 340 g/mol. The van der Waals surface area contributed by atoms with E-state index in [1.165, 1.54) is 5.56 Å². The van der Waals surface area contributed by atoms with Crippen LogP contribution in [0, 0.1) is 0 Å². The molecule has 0 aromatic heterocycles. The van der Waals surface area contributed by atoms with E-state index >= 15 is 0 Å². The Bertz CT molecular complexity index is 646.